The lowest BCUT2D eigenvalue weighted by molar-refractivity contribution is -0.120. The van der Waals surface area contributed by atoms with E-state index in [9.17, 15) is 4.79 Å². The maximum Gasteiger partial charge on any atom is 0.233 e. The highest BCUT2D eigenvalue weighted by molar-refractivity contribution is 8.00. The van der Waals surface area contributed by atoms with Gasteiger partial charge < -0.3 is 5.32 Å². The summed E-state index contributed by atoms with van der Waals surface area (Å²) in [6.07, 6.45) is 0. The van der Waals surface area contributed by atoms with Gasteiger partial charge in [-0.15, -0.1) is 5.10 Å². The monoisotopic (exact) mass is 243 g/mol. The number of carbonyl (C=O) groups excluding carboxylic acids is 1. The third-order valence-corrected chi connectivity index (χ3v) is 3.00. The average Bonchev–Trinajstić information content (AvgIpc) is 2.66. The lowest BCUT2D eigenvalue weighted by Crippen LogP contribution is -2.30. The maximum absolute atomic E-state index is 11.5. The molecule has 0 aliphatic carbocycles. The van der Waals surface area contributed by atoms with Gasteiger partial charge in [-0.1, -0.05) is 11.8 Å². The third kappa shape index (κ3) is 3.19. The van der Waals surface area contributed by atoms with Crippen LogP contribution in [0, 0.1) is 0 Å². The summed E-state index contributed by atoms with van der Waals surface area (Å²) in [5.74, 6) is 0.00538. The topological polar surface area (TPSA) is 72.7 Å². The molecule has 7 heteroatoms. The first-order valence-corrected chi connectivity index (χ1v) is 6.16. The van der Waals surface area contributed by atoms with Gasteiger partial charge >= 0.3 is 0 Å². The molecule has 0 bridgehead atoms. The molecule has 0 aliphatic heterocycles. The third-order valence-electron chi connectivity index (χ3n) is 1.95. The lowest BCUT2D eigenvalue weighted by atomic mass is 10.4. The Bertz CT molecular complexity index is 351. The van der Waals surface area contributed by atoms with Crippen molar-refractivity contribution in [3.8, 4) is 0 Å². The molecule has 0 aromatic carbocycles. The number of aromatic nitrogens is 4. The van der Waals surface area contributed by atoms with Crippen molar-refractivity contribution in [3.05, 3.63) is 0 Å². The molecule has 6 nitrogen and oxygen atoms in total. The van der Waals surface area contributed by atoms with Crippen LogP contribution in [0.15, 0.2) is 5.16 Å². The van der Waals surface area contributed by atoms with Gasteiger partial charge in [-0.3, -0.25) is 4.79 Å². The minimum absolute atomic E-state index is 0.00538. The molecule has 1 amide bonds. The fraction of sp³-hybridized carbons (Fsp3) is 0.778. The highest BCUT2D eigenvalue weighted by Gasteiger charge is 2.18. The molecule has 90 valence electrons. The number of hydrogen-bond donors (Lipinski definition) is 1. The van der Waals surface area contributed by atoms with Gasteiger partial charge in [0, 0.05) is 6.54 Å². The minimum atomic E-state index is -0.191. The zero-order chi connectivity index (χ0) is 12.1. The highest BCUT2D eigenvalue weighted by atomic mass is 32.2. The van der Waals surface area contributed by atoms with Crippen LogP contribution in [-0.2, 0) is 4.79 Å². The SMILES string of the molecule is CCNC(=O)[C@H](C)Sc1nnnn1C(C)C. The summed E-state index contributed by atoms with van der Waals surface area (Å²) in [6, 6.07) is 0.193. The smallest absolute Gasteiger partial charge is 0.233 e. The van der Waals surface area contributed by atoms with E-state index in [1.807, 2.05) is 27.7 Å². The van der Waals surface area contributed by atoms with Crippen LogP contribution in [0.2, 0.25) is 0 Å². The number of carbonyl (C=O) groups is 1. The molecule has 1 rings (SSSR count). The van der Waals surface area contributed by atoms with Crippen LogP contribution in [0.25, 0.3) is 0 Å². The molecule has 0 spiro atoms. The van der Waals surface area contributed by atoms with Gasteiger partial charge in [-0.25, -0.2) is 4.68 Å². The molecule has 1 N–H and O–H groups in total. The quantitative estimate of drug-likeness (QED) is 0.777. The fourth-order valence-electron chi connectivity index (χ4n) is 1.12. The van der Waals surface area contributed by atoms with Crippen molar-refractivity contribution in [2.75, 3.05) is 6.54 Å². The van der Waals surface area contributed by atoms with E-state index in [0.717, 1.165) is 0 Å². The van der Waals surface area contributed by atoms with Gasteiger partial charge in [0.05, 0.1) is 11.3 Å². The molecule has 16 heavy (non-hydrogen) atoms. The number of nitrogens with zero attached hydrogens (tertiary/aromatic N) is 4. The van der Waals surface area contributed by atoms with Crippen LogP contribution in [0.1, 0.15) is 33.7 Å². The van der Waals surface area contributed by atoms with Gasteiger partial charge in [0.25, 0.3) is 0 Å². The number of amides is 1. The van der Waals surface area contributed by atoms with E-state index in [1.165, 1.54) is 11.8 Å². The van der Waals surface area contributed by atoms with E-state index in [0.29, 0.717) is 11.7 Å². The van der Waals surface area contributed by atoms with Gasteiger partial charge in [0.2, 0.25) is 11.1 Å². The summed E-state index contributed by atoms with van der Waals surface area (Å²) in [4.78, 5) is 11.5. The Morgan fingerprint density at radius 1 is 1.50 bits per heavy atom. The van der Waals surface area contributed by atoms with Crippen molar-refractivity contribution < 1.29 is 4.79 Å². The van der Waals surface area contributed by atoms with E-state index >= 15 is 0 Å². The van der Waals surface area contributed by atoms with Crippen molar-refractivity contribution in [1.29, 1.82) is 0 Å². The summed E-state index contributed by atoms with van der Waals surface area (Å²) >= 11 is 1.37. The Balaban J connectivity index is 2.65. The summed E-state index contributed by atoms with van der Waals surface area (Å²) < 4.78 is 1.71. The largest absolute Gasteiger partial charge is 0.355 e. The Labute approximate surface area is 99.2 Å². The summed E-state index contributed by atoms with van der Waals surface area (Å²) in [7, 11) is 0. The van der Waals surface area contributed by atoms with Crippen LogP contribution >= 0.6 is 11.8 Å². The Morgan fingerprint density at radius 2 is 2.19 bits per heavy atom. The zero-order valence-corrected chi connectivity index (χ0v) is 10.8. The van der Waals surface area contributed by atoms with E-state index in [-0.39, 0.29) is 17.2 Å². The first-order chi connectivity index (χ1) is 7.56. The van der Waals surface area contributed by atoms with Crippen LogP contribution < -0.4 is 5.32 Å². The normalized spacial score (nSPS) is 12.8. The Hall–Kier alpha value is -1.11. The molecule has 1 heterocycles. The van der Waals surface area contributed by atoms with E-state index in [2.05, 4.69) is 20.8 Å². The predicted molar refractivity (Wildman–Crippen MR) is 62.2 cm³/mol. The van der Waals surface area contributed by atoms with Crippen molar-refractivity contribution >= 4 is 17.7 Å². The summed E-state index contributed by atoms with van der Waals surface area (Å²) in [5.41, 5.74) is 0. The maximum atomic E-state index is 11.5. The van der Waals surface area contributed by atoms with Crippen LogP contribution in [0.5, 0.6) is 0 Å². The molecule has 1 aromatic heterocycles. The zero-order valence-electron chi connectivity index (χ0n) is 9.97. The molecule has 0 unspecified atom stereocenters. The second-order valence-corrected chi connectivity index (χ2v) is 4.96. The molecular weight excluding hydrogens is 226 g/mol. The Morgan fingerprint density at radius 3 is 2.75 bits per heavy atom. The predicted octanol–water partition coefficient (Wildman–Crippen LogP) is 0.871. The van der Waals surface area contributed by atoms with E-state index < -0.39 is 0 Å². The van der Waals surface area contributed by atoms with Crippen molar-refractivity contribution in [2.24, 2.45) is 0 Å². The van der Waals surface area contributed by atoms with E-state index in [4.69, 9.17) is 0 Å². The van der Waals surface area contributed by atoms with Gasteiger partial charge in [0.15, 0.2) is 0 Å². The standard InChI is InChI=1S/C9H17N5OS/c1-5-10-8(15)7(4)16-9-11-12-13-14(9)6(2)3/h6-7H,5H2,1-4H3,(H,10,15)/t7-/m0/s1. The van der Waals surface area contributed by atoms with Gasteiger partial charge in [-0.2, -0.15) is 0 Å². The van der Waals surface area contributed by atoms with Gasteiger partial charge in [-0.05, 0) is 38.1 Å². The highest BCUT2D eigenvalue weighted by Crippen LogP contribution is 2.22. The number of nitrogens with one attached hydrogen (secondary N) is 1. The van der Waals surface area contributed by atoms with Crippen molar-refractivity contribution in [1.82, 2.24) is 25.5 Å². The lowest BCUT2D eigenvalue weighted by Gasteiger charge is -2.11. The number of thioether (sulfide) groups is 1. The number of rotatable bonds is 5. The van der Waals surface area contributed by atoms with Crippen molar-refractivity contribution in [3.63, 3.8) is 0 Å². The molecule has 1 aromatic rings. The number of hydrogen-bond acceptors (Lipinski definition) is 5. The second kappa shape index (κ2) is 5.83. The minimum Gasteiger partial charge on any atom is -0.355 e. The summed E-state index contributed by atoms with van der Waals surface area (Å²) in [6.45, 7) is 8.37. The van der Waals surface area contributed by atoms with Crippen LogP contribution in [0.4, 0.5) is 0 Å². The number of tetrazole rings is 1. The molecule has 1 atom stereocenters. The second-order valence-electron chi connectivity index (χ2n) is 3.65. The molecule has 0 saturated carbocycles. The molecule has 0 saturated heterocycles. The van der Waals surface area contributed by atoms with Gasteiger partial charge in [0.1, 0.15) is 0 Å². The summed E-state index contributed by atoms with van der Waals surface area (Å²) in [5, 5.41) is 14.6. The van der Waals surface area contributed by atoms with Crippen molar-refractivity contribution in [2.45, 2.75) is 44.1 Å². The fourth-order valence-corrected chi connectivity index (χ4v) is 2.06. The molecule has 0 fully saturated rings. The Kier molecular flexibility index (Phi) is 4.72. The average molecular weight is 243 g/mol. The van der Waals surface area contributed by atoms with E-state index in [1.54, 1.807) is 4.68 Å². The first kappa shape index (κ1) is 13.0. The molecule has 0 radical (unpaired) electrons. The first-order valence-electron chi connectivity index (χ1n) is 5.28. The molecular formula is C9H17N5OS. The molecule has 0 aliphatic rings. The van der Waals surface area contributed by atoms with Crippen LogP contribution in [0.3, 0.4) is 0 Å². The van der Waals surface area contributed by atoms with Crippen LogP contribution in [-0.4, -0.2) is 37.9 Å².